The molecule has 4 rings (SSSR count). The number of anilines is 1. The molecule has 0 saturated carbocycles. The molecule has 1 heterocycles. The lowest BCUT2D eigenvalue weighted by molar-refractivity contribution is -0.118. The third kappa shape index (κ3) is 5.08. The fourth-order valence-corrected chi connectivity index (χ4v) is 4.17. The van der Waals surface area contributed by atoms with Crippen LogP contribution < -0.4 is 10.1 Å². The van der Waals surface area contributed by atoms with Crippen LogP contribution in [0.4, 0.5) is 5.13 Å². The molecule has 0 radical (unpaired) electrons. The van der Waals surface area contributed by atoms with Gasteiger partial charge in [-0.3, -0.25) is 10.1 Å². The molecule has 0 unspecified atom stereocenters. The van der Waals surface area contributed by atoms with Gasteiger partial charge >= 0.3 is 0 Å². The predicted molar refractivity (Wildman–Crippen MR) is 126 cm³/mol. The van der Waals surface area contributed by atoms with E-state index >= 15 is 0 Å². The molecule has 0 saturated heterocycles. The van der Waals surface area contributed by atoms with Crippen LogP contribution in [0.3, 0.4) is 0 Å². The maximum absolute atomic E-state index is 12.3. The van der Waals surface area contributed by atoms with Crippen molar-refractivity contribution < 1.29 is 9.53 Å². The number of benzene rings is 3. The second-order valence-electron chi connectivity index (χ2n) is 6.39. The van der Waals surface area contributed by atoms with Crippen LogP contribution in [0, 0.1) is 0 Å². The molecule has 7 heteroatoms. The Bertz CT molecular complexity index is 1160. The zero-order chi connectivity index (χ0) is 20.9. The summed E-state index contributed by atoms with van der Waals surface area (Å²) in [5, 5.41) is 5.85. The van der Waals surface area contributed by atoms with Gasteiger partial charge in [-0.15, -0.1) is 11.3 Å². The monoisotopic (exact) mass is 498 g/mol. The molecule has 0 aliphatic heterocycles. The summed E-state index contributed by atoms with van der Waals surface area (Å²) >= 11 is 10.8. The minimum atomic E-state index is -0.272. The Hall–Kier alpha value is -2.67. The highest BCUT2D eigenvalue weighted by Crippen LogP contribution is 2.31. The van der Waals surface area contributed by atoms with Gasteiger partial charge in [0.15, 0.2) is 11.7 Å². The quantitative estimate of drug-likeness (QED) is 0.313. The molecule has 0 aliphatic rings. The molecular formula is C23H16BrClN2O2S. The highest BCUT2D eigenvalue weighted by atomic mass is 79.9. The van der Waals surface area contributed by atoms with Crippen LogP contribution in [0.5, 0.6) is 5.75 Å². The first-order chi connectivity index (χ1) is 14.6. The summed E-state index contributed by atoms with van der Waals surface area (Å²) in [4.78, 5) is 16.7. The number of thiazole rings is 1. The van der Waals surface area contributed by atoms with Crippen LogP contribution in [-0.4, -0.2) is 17.5 Å². The molecule has 150 valence electrons. The van der Waals surface area contributed by atoms with Gasteiger partial charge in [-0.2, -0.15) is 0 Å². The molecule has 4 aromatic rings. The van der Waals surface area contributed by atoms with Crippen LogP contribution in [0.2, 0.25) is 5.02 Å². The lowest BCUT2D eigenvalue weighted by Gasteiger charge is -2.10. The molecule has 1 N–H and O–H groups in total. The minimum Gasteiger partial charge on any atom is -0.483 e. The van der Waals surface area contributed by atoms with E-state index in [0.717, 1.165) is 26.9 Å². The Morgan fingerprint density at radius 3 is 2.47 bits per heavy atom. The number of carbonyl (C=O) groups is 1. The van der Waals surface area contributed by atoms with Gasteiger partial charge in [-0.1, -0.05) is 60.1 Å². The minimum absolute atomic E-state index is 0.112. The molecule has 3 aromatic carbocycles. The summed E-state index contributed by atoms with van der Waals surface area (Å²) in [7, 11) is 0. The molecule has 1 aromatic heterocycles. The Morgan fingerprint density at radius 2 is 1.73 bits per heavy atom. The maximum Gasteiger partial charge on any atom is 0.264 e. The van der Waals surface area contributed by atoms with Gasteiger partial charge in [0.25, 0.3) is 5.91 Å². The van der Waals surface area contributed by atoms with Crippen molar-refractivity contribution in [1.29, 1.82) is 0 Å². The SMILES string of the molecule is O=C(COc1ccc(-c2ccccc2)cc1Br)Nc1nc(-c2ccc(Cl)cc2)cs1. The maximum atomic E-state index is 12.3. The van der Waals surface area contributed by atoms with Gasteiger partial charge in [0.1, 0.15) is 5.75 Å². The van der Waals surface area contributed by atoms with Crippen molar-refractivity contribution in [3.63, 3.8) is 0 Å². The second kappa shape index (κ2) is 9.43. The molecule has 30 heavy (non-hydrogen) atoms. The fraction of sp³-hybridized carbons (Fsp3) is 0.0435. The number of aromatic nitrogens is 1. The van der Waals surface area contributed by atoms with Crippen molar-refractivity contribution in [2.45, 2.75) is 0 Å². The van der Waals surface area contributed by atoms with Gasteiger partial charge in [0.05, 0.1) is 10.2 Å². The molecule has 0 bridgehead atoms. The lowest BCUT2D eigenvalue weighted by atomic mass is 10.1. The van der Waals surface area contributed by atoms with Gasteiger partial charge in [0, 0.05) is 16.0 Å². The van der Waals surface area contributed by atoms with E-state index in [1.165, 1.54) is 11.3 Å². The van der Waals surface area contributed by atoms with E-state index in [1.54, 1.807) is 0 Å². The molecule has 4 nitrogen and oxygen atoms in total. The number of rotatable bonds is 6. The zero-order valence-corrected chi connectivity index (χ0v) is 18.8. The number of halogens is 2. The Labute approximate surface area is 191 Å². The van der Waals surface area contributed by atoms with Gasteiger partial charge < -0.3 is 4.74 Å². The zero-order valence-electron chi connectivity index (χ0n) is 15.6. The van der Waals surface area contributed by atoms with Crippen molar-refractivity contribution in [1.82, 2.24) is 4.98 Å². The van der Waals surface area contributed by atoms with Crippen molar-refractivity contribution in [3.05, 3.63) is 87.7 Å². The number of amides is 1. The molecule has 1 amide bonds. The van der Waals surface area contributed by atoms with Crippen molar-refractivity contribution in [2.24, 2.45) is 0 Å². The van der Waals surface area contributed by atoms with E-state index in [2.05, 4.69) is 26.2 Å². The summed E-state index contributed by atoms with van der Waals surface area (Å²) in [5.74, 6) is 0.330. The summed E-state index contributed by atoms with van der Waals surface area (Å²) < 4.78 is 6.46. The third-order valence-electron chi connectivity index (χ3n) is 4.29. The highest BCUT2D eigenvalue weighted by molar-refractivity contribution is 9.10. The van der Waals surface area contributed by atoms with Gasteiger partial charge in [-0.25, -0.2) is 4.98 Å². The Kier molecular flexibility index (Phi) is 6.47. The first kappa shape index (κ1) is 20.6. The summed E-state index contributed by atoms with van der Waals surface area (Å²) in [6.07, 6.45) is 0. The van der Waals surface area contributed by atoms with E-state index in [-0.39, 0.29) is 12.5 Å². The Balaban J connectivity index is 1.35. The molecule has 0 atom stereocenters. The number of ether oxygens (including phenoxy) is 1. The first-order valence-corrected chi connectivity index (χ1v) is 11.1. The number of hydrogen-bond acceptors (Lipinski definition) is 4. The molecular weight excluding hydrogens is 484 g/mol. The van der Waals surface area contributed by atoms with E-state index in [9.17, 15) is 4.79 Å². The average molecular weight is 500 g/mol. The highest BCUT2D eigenvalue weighted by Gasteiger charge is 2.11. The smallest absolute Gasteiger partial charge is 0.264 e. The number of nitrogens with zero attached hydrogens (tertiary/aromatic N) is 1. The van der Waals surface area contributed by atoms with Crippen LogP contribution in [0.15, 0.2) is 82.6 Å². The third-order valence-corrected chi connectivity index (χ3v) is 5.92. The van der Waals surface area contributed by atoms with Crippen molar-refractivity contribution >= 4 is 49.9 Å². The number of nitrogens with one attached hydrogen (secondary N) is 1. The van der Waals surface area contributed by atoms with Crippen molar-refractivity contribution in [3.8, 4) is 28.1 Å². The summed E-state index contributed by atoms with van der Waals surface area (Å²) in [6, 6.07) is 23.2. The molecule has 0 spiro atoms. The largest absolute Gasteiger partial charge is 0.483 e. The van der Waals surface area contributed by atoms with Crippen LogP contribution in [0.1, 0.15) is 0 Å². The Morgan fingerprint density at radius 1 is 1.00 bits per heavy atom. The van der Waals surface area contributed by atoms with Crippen molar-refractivity contribution in [2.75, 3.05) is 11.9 Å². The second-order valence-corrected chi connectivity index (χ2v) is 8.54. The molecule has 0 aliphatic carbocycles. The molecule has 0 fully saturated rings. The summed E-state index contributed by atoms with van der Waals surface area (Å²) in [5.41, 5.74) is 3.90. The van der Waals surface area contributed by atoms with E-state index < -0.39 is 0 Å². The van der Waals surface area contributed by atoms with Crippen LogP contribution in [-0.2, 0) is 4.79 Å². The first-order valence-electron chi connectivity index (χ1n) is 9.07. The van der Waals surface area contributed by atoms with Crippen LogP contribution in [0.25, 0.3) is 22.4 Å². The number of hydrogen-bond donors (Lipinski definition) is 1. The van der Waals surface area contributed by atoms with E-state index in [4.69, 9.17) is 16.3 Å². The van der Waals surface area contributed by atoms with Gasteiger partial charge in [-0.05, 0) is 51.3 Å². The summed E-state index contributed by atoms with van der Waals surface area (Å²) in [6.45, 7) is -0.112. The standard InChI is InChI=1S/C23H16BrClN2O2S/c24-19-12-17(15-4-2-1-3-5-15)8-11-21(19)29-13-22(28)27-23-26-20(14-30-23)16-6-9-18(25)10-7-16/h1-12,14H,13H2,(H,26,27,28). The van der Waals surface area contributed by atoms with E-state index in [0.29, 0.717) is 15.9 Å². The number of carbonyl (C=O) groups excluding carboxylic acids is 1. The van der Waals surface area contributed by atoms with Gasteiger partial charge in [0.2, 0.25) is 0 Å². The topological polar surface area (TPSA) is 51.2 Å². The normalized spacial score (nSPS) is 10.6. The fourth-order valence-electron chi connectivity index (χ4n) is 2.81. The average Bonchev–Trinajstić information content (AvgIpc) is 3.22. The van der Waals surface area contributed by atoms with E-state index in [1.807, 2.05) is 78.2 Å². The van der Waals surface area contributed by atoms with Crippen LogP contribution >= 0.6 is 38.9 Å². The predicted octanol–water partition coefficient (Wildman–Crippen LogP) is 6.91. The lowest BCUT2D eigenvalue weighted by Crippen LogP contribution is -2.20.